The summed E-state index contributed by atoms with van der Waals surface area (Å²) in [6.45, 7) is 6.98. The van der Waals surface area contributed by atoms with Gasteiger partial charge in [0.05, 0.1) is 11.0 Å². The first-order valence-electron chi connectivity index (χ1n) is 4.97. The third-order valence-corrected chi connectivity index (χ3v) is 4.41. The van der Waals surface area contributed by atoms with Crippen molar-refractivity contribution < 1.29 is 4.21 Å². The molecule has 4 heteroatoms. The minimum atomic E-state index is -0.856. The van der Waals surface area contributed by atoms with E-state index in [1.807, 2.05) is 18.2 Å². The molecule has 1 aliphatic heterocycles. The Hall–Kier alpha value is 0.0700. The van der Waals surface area contributed by atoms with Crippen LogP contribution in [-0.2, 0) is 11.0 Å². The van der Waals surface area contributed by atoms with Gasteiger partial charge in [-0.25, -0.2) is 8.51 Å². The van der Waals surface area contributed by atoms with Crippen LogP contribution in [0.1, 0.15) is 33.6 Å². The summed E-state index contributed by atoms with van der Waals surface area (Å²) in [6, 6.07) is 0.452. The molecule has 2 N–H and O–H groups in total. The van der Waals surface area contributed by atoms with Gasteiger partial charge in [0.15, 0.2) is 0 Å². The molecule has 0 spiro atoms. The molecule has 0 saturated carbocycles. The molecular formula is C9H20N2OS. The maximum Gasteiger partial charge on any atom is 0.0971 e. The average molecular weight is 204 g/mol. The molecule has 78 valence electrons. The Morgan fingerprint density at radius 2 is 2.15 bits per heavy atom. The van der Waals surface area contributed by atoms with E-state index in [-0.39, 0.29) is 17.3 Å². The predicted octanol–water partition coefficient (Wildman–Crippen LogP) is 0.870. The van der Waals surface area contributed by atoms with E-state index < -0.39 is 11.0 Å². The first-order valence-corrected chi connectivity index (χ1v) is 6.14. The molecule has 1 saturated heterocycles. The summed E-state index contributed by atoms with van der Waals surface area (Å²) in [5.41, 5.74) is 5.93. The molecule has 0 aromatic rings. The van der Waals surface area contributed by atoms with Gasteiger partial charge in [0, 0.05) is 23.9 Å². The smallest absolute Gasteiger partial charge is 0.0971 e. The lowest BCUT2D eigenvalue weighted by Gasteiger charge is -2.37. The maximum absolute atomic E-state index is 11.8. The number of piperidine rings is 1. The van der Waals surface area contributed by atoms with E-state index in [1.54, 1.807) is 0 Å². The summed E-state index contributed by atoms with van der Waals surface area (Å²) in [4.78, 5) is 0. The van der Waals surface area contributed by atoms with Crippen LogP contribution in [-0.4, -0.2) is 32.4 Å². The van der Waals surface area contributed by atoms with Crippen molar-refractivity contribution in [3.8, 4) is 0 Å². The van der Waals surface area contributed by atoms with Gasteiger partial charge in [-0.3, -0.25) is 0 Å². The number of nitrogens with two attached hydrogens (primary N) is 1. The van der Waals surface area contributed by atoms with Gasteiger partial charge >= 0.3 is 0 Å². The van der Waals surface area contributed by atoms with Crippen molar-refractivity contribution in [3.63, 3.8) is 0 Å². The van der Waals surface area contributed by atoms with Crippen LogP contribution in [0.5, 0.6) is 0 Å². The van der Waals surface area contributed by atoms with Crippen molar-refractivity contribution in [2.24, 2.45) is 5.73 Å². The monoisotopic (exact) mass is 204 g/mol. The van der Waals surface area contributed by atoms with Gasteiger partial charge < -0.3 is 5.73 Å². The van der Waals surface area contributed by atoms with E-state index in [1.165, 1.54) is 0 Å². The highest BCUT2D eigenvalue weighted by molar-refractivity contribution is 7.83. The largest absolute Gasteiger partial charge is 0.326 e. The Morgan fingerprint density at radius 3 is 2.69 bits per heavy atom. The zero-order valence-corrected chi connectivity index (χ0v) is 9.51. The molecule has 1 rings (SSSR count). The molecule has 3 nitrogen and oxygen atoms in total. The average Bonchev–Trinajstić information content (AvgIpc) is 2.08. The van der Waals surface area contributed by atoms with Crippen LogP contribution in [0.25, 0.3) is 0 Å². The summed E-state index contributed by atoms with van der Waals surface area (Å²) in [5, 5.41) is 0.202. The molecule has 13 heavy (non-hydrogen) atoms. The molecule has 0 aromatic heterocycles. The Balaban J connectivity index is 2.62. The van der Waals surface area contributed by atoms with Crippen molar-refractivity contribution in [1.29, 1.82) is 0 Å². The first kappa shape index (κ1) is 11.1. The lowest BCUT2D eigenvalue weighted by Crippen LogP contribution is -2.52. The maximum atomic E-state index is 11.8. The molecule has 1 unspecified atom stereocenters. The van der Waals surface area contributed by atoms with Gasteiger partial charge in [0.25, 0.3) is 0 Å². The van der Waals surface area contributed by atoms with Crippen molar-refractivity contribution in [2.75, 3.05) is 6.54 Å². The van der Waals surface area contributed by atoms with E-state index >= 15 is 0 Å². The molecule has 0 radical (unpaired) electrons. The molecule has 0 aromatic carbocycles. The molecule has 1 aliphatic rings. The number of hydrogen-bond donors (Lipinski definition) is 1. The van der Waals surface area contributed by atoms with Gasteiger partial charge in [-0.05, 0) is 33.6 Å². The predicted molar refractivity (Wildman–Crippen MR) is 56.7 cm³/mol. The van der Waals surface area contributed by atoms with Crippen LogP contribution in [0.4, 0.5) is 0 Å². The molecule has 1 fully saturated rings. The fraction of sp³-hybridized carbons (Fsp3) is 1.00. The van der Waals surface area contributed by atoms with E-state index in [9.17, 15) is 4.21 Å². The highest BCUT2D eigenvalue weighted by Crippen LogP contribution is 2.19. The summed E-state index contributed by atoms with van der Waals surface area (Å²) in [7, 11) is -0.856. The quantitative estimate of drug-likeness (QED) is 0.725. The topological polar surface area (TPSA) is 46.3 Å². The fourth-order valence-electron chi connectivity index (χ4n) is 1.67. The van der Waals surface area contributed by atoms with Crippen LogP contribution < -0.4 is 5.73 Å². The highest BCUT2D eigenvalue weighted by Gasteiger charge is 2.29. The van der Waals surface area contributed by atoms with Crippen LogP contribution in [0, 0.1) is 0 Å². The van der Waals surface area contributed by atoms with E-state index in [4.69, 9.17) is 5.73 Å². The lowest BCUT2D eigenvalue weighted by molar-refractivity contribution is 0.247. The molecule has 1 heterocycles. The number of rotatable bonds is 2. The molecular weight excluding hydrogens is 184 g/mol. The third-order valence-electron chi connectivity index (χ3n) is 2.62. The van der Waals surface area contributed by atoms with Crippen LogP contribution in [0.2, 0.25) is 0 Å². The van der Waals surface area contributed by atoms with Crippen LogP contribution in [0.3, 0.4) is 0 Å². The summed E-state index contributed by atoms with van der Waals surface area (Å²) >= 11 is 0. The zero-order valence-electron chi connectivity index (χ0n) is 8.69. The van der Waals surface area contributed by atoms with Crippen molar-refractivity contribution in [2.45, 2.75) is 50.9 Å². The van der Waals surface area contributed by atoms with Gasteiger partial charge in [-0.1, -0.05) is 0 Å². The minimum Gasteiger partial charge on any atom is -0.326 e. The highest BCUT2D eigenvalue weighted by atomic mass is 32.2. The molecule has 0 aliphatic carbocycles. The minimum absolute atomic E-state index is 0.191. The Kier molecular flexibility index (Phi) is 3.88. The number of nitrogens with zero attached hydrogens (tertiary/aromatic N) is 1. The molecule has 0 bridgehead atoms. The van der Waals surface area contributed by atoms with E-state index in [2.05, 4.69) is 6.92 Å². The number of hydrogen-bond acceptors (Lipinski definition) is 2. The summed E-state index contributed by atoms with van der Waals surface area (Å²) < 4.78 is 13.9. The second-order valence-corrected chi connectivity index (χ2v) is 5.98. The summed E-state index contributed by atoms with van der Waals surface area (Å²) in [5.74, 6) is 0. The van der Waals surface area contributed by atoms with Crippen molar-refractivity contribution in [1.82, 2.24) is 4.31 Å². The Bertz CT molecular complexity index is 196. The molecule has 3 atom stereocenters. The van der Waals surface area contributed by atoms with Gasteiger partial charge in [-0.2, -0.15) is 0 Å². The van der Waals surface area contributed by atoms with E-state index in [0.717, 1.165) is 19.4 Å². The normalized spacial score (nSPS) is 33.6. The lowest BCUT2D eigenvalue weighted by atomic mass is 10.0. The second-order valence-electron chi connectivity index (χ2n) is 4.01. The SMILES string of the molecule is CC(C)S(=O)N1CCC[C@@H](N)[C@H]1C. The van der Waals surface area contributed by atoms with Crippen molar-refractivity contribution >= 4 is 11.0 Å². The van der Waals surface area contributed by atoms with Gasteiger partial charge in [0.2, 0.25) is 0 Å². The first-order chi connectivity index (χ1) is 6.04. The van der Waals surface area contributed by atoms with E-state index in [0.29, 0.717) is 0 Å². The van der Waals surface area contributed by atoms with Crippen LogP contribution >= 0.6 is 0 Å². The molecule has 0 amide bonds. The van der Waals surface area contributed by atoms with Gasteiger partial charge in [0.1, 0.15) is 0 Å². The van der Waals surface area contributed by atoms with Gasteiger partial charge in [-0.15, -0.1) is 0 Å². The van der Waals surface area contributed by atoms with Crippen molar-refractivity contribution in [3.05, 3.63) is 0 Å². The Labute approximate surface area is 83.3 Å². The standard InChI is InChI=1S/C9H20N2OS/c1-7(2)13(12)11-6-4-5-9(10)8(11)3/h7-9H,4-6,10H2,1-3H3/t8-,9-,13?/m1/s1. The summed E-state index contributed by atoms with van der Waals surface area (Å²) in [6.07, 6.45) is 2.14. The fourth-order valence-corrected chi connectivity index (χ4v) is 3.00. The van der Waals surface area contributed by atoms with Crippen LogP contribution in [0.15, 0.2) is 0 Å². The zero-order chi connectivity index (χ0) is 10.0. The second kappa shape index (κ2) is 4.53. The third kappa shape index (κ3) is 2.51. The Morgan fingerprint density at radius 1 is 1.54 bits per heavy atom.